The third-order valence-electron chi connectivity index (χ3n) is 7.79. The van der Waals surface area contributed by atoms with Crippen LogP contribution in [0.5, 0.6) is 0 Å². The Labute approximate surface area is 206 Å². The number of likely N-dealkylation sites (tertiary alicyclic amines) is 1. The van der Waals surface area contributed by atoms with E-state index in [1.807, 2.05) is 45.0 Å². The Kier molecular flexibility index (Phi) is 6.88. The molecule has 0 saturated carbocycles. The van der Waals surface area contributed by atoms with E-state index in [1.165, 1.54) is 0 Å². The Morgan fingerprint density at radius 3 is 2.17 bits per heavy atom. The fourth-order valence-corrected chi connectivity index (χ4v) is 5.18. The molecule has 2 amide bonds. The zero-order chi connectivity index (χ0) is 25.3. The summed E-state index contributed by atoms with van der Waals surface area (Å²) in [6, 6.07) is 15.9. The fourth-order valence-electron chi connectivity index (χ4n) is 5.18. The largest absolute Gasteiger partial charge is 0.481 e. The first-order chi connectivity index (χ1) is 16.6. The SMILES string of the molecule is CC(C)[C@@H](CC(=O)N1C[C@@H](C)[C@](C)(C(=O)O)C1)NC(=O)OCC1c2ccccc2-c2ccccc21. The molecule has 0 bridgehead atoms. The number of rotatable bonds is 7. The number of aliphatic carboxylic acids is 1. The molecule has 1 heterocycles. The Bertz CT molecular complexity index is 1080. The van der Waals surface area contributed by atoms with E-state index < -0.39 is 23.5 Å². The van der Waals surface area contributed by atoms with Crippen LogP contribution in [-0.4, -0.2) is 53.7 Å². The summed E-state index contributed by atoms with van der Waals surface area (Å²) in [4.78, 5) is 39.0. The summed E-state index contributed by atoms with van der Waals surface area (Å²) in [5.41, 5.74) is 3.65. The van der Waals surface area contributed by atoms with Crippen LogP contribution in [-0.2, 0) is 14.3 Å². The average Bonchev–Trinajstić information content (AvgIpc) is 3.32. The van der Waals surface area contributed by atoms with Crippen molar-refractivity contribution in [2.45, 2.75) is 46.1 Å². The highest BCUT2D eigenvalue weighted by molar-refractivity contribution is 5.82. The molecule has 1 saturated heterocycles. The van der Waals surface area contributed by atoms with Gasteiger partial charge in [-0.1, -0.05) is 69.3 Å². The average molecular weight is 479 g/mol. The van der Waals surface area contributed by atoms with E-state index in [4.69, 9.17) is 4.74 Å². The number of nitrogens with one attached hydrogen (secondary N) is 1. The van der Waals surface area contributed by atoms with Crippen LogP contribution in [0.2, 0.25) is 0 Å². The first kappa shape index (κ1) is 24.8. The van der Waals surface area contributed by atoms with Gasteiger partial charge in [0.25, 0.3) is 0 Å². The fraction of sp³-hybridized carbons (Fsp3) is 0.464. The minimum Gasteiger partial charge on any atom is -0.481 e. The van der Waals surface area contributed by atoms with Crippen molar-refractivity contribution in [1.82, 2.24) is 10.2 Å². The maximum absolute atomic E-state index is 13.0. The van der Waals surface area contributed by atoms with Gasteiger partial charge in [-0.25, -0.2) is 4.79 Å². The van der Waals surface area contributed by atoms with E-state index >= 15 is 0 Å². The number of amides is 2. The first-order valence-electron chi connectivity index (χ1n) is 12.2. The number of alkyl carbamates (subject to hydrolysis) is 1. The second-order valence-electron chi connectivity index (χ2n) is 10.4. The van der Waals surface area contributed by atoms with Crippen molar-refractivity contribution in [2.75, 3.05) is 19.7 Å². The Morgan fingerprint density at radius 1 is 1.09 bits per heavy atom. The van der Waals surface area contributed by atoms with Crippen LogP contribution >= 0.6 is 0 Å². The summed E-state index contributed by atoms with van der Waals surface area (Å²) in [5.74, 6) is -1.22. The molecule has 1 aliphatic heterocycles. The van der Waals surface area contributed by atoms with Gasteiger partial charge in [0.2, 0.25) is 5.91 Å². The van der Waals surface area contributed by atoms with Crippen molar-refractivity contribution in [2.24, 2.45) is 17.3 Å². The minimum absolute atomic E-state index is 0.00492. The molecule has 2 aromatic carbocycles. The van der Waals surface area contributed by atoms with Crippen LogP contribution in [0.25, 0.3) is 11.1 Å². The number of carbonyl (C=O) groups excluding carboxylic acids is 2. The molecule has 0 radical (unpaired) electrons. The number of hydrogen-bond acceptors (Lipinski definition) is 4. The third kappa shape index (κ3) is 4.77. The lowest BCUT2D eigenvalue weighted by molar-refractivity contribution is -0.149. The van der Waals surface area contributed by atoms with Gasteiger partial charge < -0.3 is 20.1 Å². The summed E-state index contributed by atoms with van der Waals surface area (Å²) in [6.45, 7) is 8.21. The normalized spacial score (nSPS) is 22.0. The van der Waals surface area contributed by atoms with Gasteiger partial charge in [-0.15, -0.1) is 0 Å². The van der Waals surface area contributed by atoms with Crippen LogP contribution in [0.3, 0.4) is 0 Å². The van der Waals surface area contributed by atoms with Crippen molar-refractivity contribution in [3.05, 3.63) is 59.7 Å². The number of carbonyl (C=O) groups is 3. The lowest BCUT2D eigenvalue weighted by Crippen LogP contribution is -2.44. The molecule has 7 nitrogen and oxygen atoms in total. The second kappa shape index (κ2) is 9.72. The molecule has 0 aromatic heterocycles. The van der Waals surface area contributed by atoms with Gasteiger partial charge in [-0.2, -0.15) is 0 Å². The third-order valence-corrected chi connectivity index (χ3v) is 7.79. The van der Waals surface area contributed by atoms with E-state index in [2.05, 4.69) is 29.6 Å². The van der Waals surface area contributed by atoms with Crippen molar-refractivity contribution in [1.29, 1.82) is 0 Å². The zero-order valence-electron chi connectivity index (χ0n) is 20.8. The smallest absolute Gasteiger partial charge is 0.407 e. The quantitative estimate of drug-likeness (QED) is 0.611. The minimum atomic E-state index is -0.955. The van der Waals surface area contributed by atoms with Gasteiger partial charge in [0.1, 0.15) is 6.61 Å². The van der Waals surface area contributed by atoms with Gasteiger partial charge in [0, 0.05) is 31.5 Å². The number of fused-ring (bicyclic) bond motifs is 3. The lowest BCUT2D eigenvalue weighted by Gasteiger charge is -2.26. The van der Waals surface area contributed by atoms with E-state index in [9.17, 15) is 19.5 Å². The van der Waals surface area contributed by atoms with E-state index in [1.54, 1.807) is 11.8 Å². The Morgan fingerprint density at radius 2 is 1.66 bits per heavy atom. The molecule has 186 valence electrons. The summed E-state index contributed by atoms with van der Waals surface area (Å²) in [7, 11) is 0. The summed E-state index contributed by atoms with van der Waals surface area (Å²) < 4.78 is 5.66. The molecule has 1 fully saturated rings. The molecule has 2 N–H and O–H groups in total. The van der Waals surface area contributed by atoms with Crippen LogP contribution in [0.15, 0.2) is 48.5 Å². The molecule has 1 aliphatic carbocycles. The van der Waals surface area contributed by atoms with E-state index in [0.717, 1.165) is 22.3 Å². The molecule has 0 spiro atoms. The molecule has 2 aliphatic rings. The monoisotopic (exact) mass is 478 g/mol. The Hall–Kier alpha value is -3.35. The van der Waals surface area contributed by atoms with Crippen LogP contribution in [0, 0.1) is 17.3 Å². The number of ether oxygens (including phenoxy) is 1. The van der Waals surface area contributed by atoms with Crippen LogP contribution < -0.4 is 5.32 Å². The number of nitrogens with zero attached hydrogens (tertiary/aromatic N) is 1. The maximum atomic E-state index is 13.0. The number of carboxylic acids is 1. The van der Waals surface area contributed by atoms with Crippen molar-refractivity contribution in [3.8, 4) is 11.1 Å². The molecular weight excluding hydrogens is 444 g/mol. The standard InChI is InChI=1S/C28H34N2O5/c1-17(2)24(13-25(31)30-14-18(3)28(4,16-30)26(32)33)29-27(34)35-15-23-21-11-7-5-9-19(21)20-10-6-8-12-22(20)23/h5-12,17-18,23-24H,13-16H2,1-4H3,(H,29,34)(H,32,33)/t18-,24-,28-/m1/s1. The number of hydrogen-bond donors (Lipinski definition) is 2. The highest BCUT2D eigenvalue weighted by atomic mass is 16.5. The van der Waals surface area contributed by atoms with Gasteiger partial charge in [0.15, 0.2) is 0 Å². The van der Waals surface area contributed by atoms with Gasteiger partial charge >= 0.3 is 12.1 Å². The van der Waals surface area contributed by atoms with Gasteiger partial charge in [0.05, 0.1) is 5.41 Å². The van der Waals surface area contributed by atoms with Crippen LogP contribution in [0.4, 0.5) is 4.79 Å². The summed E-state index contributed by atoms with van der Waals surface area (Å²) >= 11 is 0. The van der Waals surface area contributed by atoms with Crippen molar-refractivity contribution in [3.63, 3.8) is 0 Å². The maximum Gasteiger partial charge on any atom is 0.407 e. The van der Waals surface area contributed by atoms with E-state index in [0.29, 0.717) is 6.54 Å². The highest BCUT2D eigenvalue weighted by Crippen LogP contribution is 2.44. The molecular formula is C28H34N2O5. The van der Waals surface area contributed by atoms with Crippen LogP contribution in [0.1, 0.15) is 51.2 Å². The Balaban J connectivity index is 1.37. The van der Waals surface area contributed by atoms with Crippen molar-refractivity contribution < 1.29 is 24.2 Å². The zero-order valence-corrected chi connectivity index (χ0v) is 20.8. The van der Waals surface area contributed by atoms with Gasteiger partial charge in [-0.3, -0.25) is 9.59 Å². The molecule has 4 rings (SSSR count). The molecule has 3 atom stereocenters. The predicted octanol–water partition coefficient (Wildman–Crippen LogP) is 4.51. The summed E-state index contributed by atoms with van der Waals surface area (Å²) in [6.07, 6.45) is -0.451. The van der Waals surface area contributed by atoms with E-state index in [-0.39, 0.29) is 43.2 Å². The molecule has 2 aromatic rings. The predicted molar refractivity (Wildman–Crippen MR) is 133 cm³/mol. The topological polar surface area (TPSA) is 95.9 Å². The van der Waals surface area contributed by atoms with Gasteiger partial charge in [-0.05, 0) is 41.0 Å². The highest BCUT2D eigenvalue weighted by Gasteiger charge is 2.48. The van der Waals surface area contributed by atoms with Crippen molar-refractivity contribution >= 4 is 18.0 Å². The number of carboxylic acid groups (broad SMARTS) is 1. The summed E-state index contributed by atoms with van der Waals surface area (Å²) in [5, 5.41) is 12.5. The molecule has 35 heavy (non-hydrogen) atoms. The molecule has 7 heteroatoms. The second-order valence-corrected chi connectivity index (χ2v) is 10.4. The molecule has 0 unspecified atom stereocenters. The first-order valence-corrected chi connectivity index (χ1v) is 12.2. The lowest BCUT2D eigenvalue weighted by atomic mass is 9.81. The number of benzene rings is 2.